The van der Waals surface area contributed by atoms with Crippen molar-refractivity contribution in [2.75, 3.05) is 19.0 Å². The first kappa shape index (κ1) is 21.8. The summed E-state index contributed by atoms with van der Waals surface area (Å²) in [5.74, 6) is -6.76. The van der Waals surface area contributed by atoms with Gasteiger partial charge in [-0.3, -0.25) is 14.4 Å². The summed E-state index contributed by atoms with van der Waals surface area (Å²) in [6.45, 7) is -0.514. The Morgan fingerprint density at radius 1 is 1.22 bits per heavy atom. The van der Waals surface area contributed by atoms with E-state index >= 15 is 0 Å². The Labute approximate surface area is 182 Å². The number of Topliss-reactive ketones (excluding diaryl/α,β-unsaturated/α-hetero) is 2. The molecule has 32 heavy (non-hydrogen) atoms. The molecule has 1 amide bonds. The van der Waals surface area contributed by atoms with Gasteiger partial charge in [0.15, 0.2) is 11.4 Å². The Balaban J connectivity index is 1.97. The SMILES string of the molecule is CN(C)c1cc(CO)c(O)c2c1C[C@H]1C[C@H]3CC(=O)C(C(N)=O)=C(O)[C@@]3(O)C(=O)C1=C2O. The summed E-state index contributed by atoms with van der Waals surface area (Å²) < 4.78 is 0. The number of benzene rings is 1. The van der Waals surface area contributed by atoms with Gasteiger partial charge in [-0.2, -0.15) is 0 Å². The van der Waals surface area contributed by atoms with Crippen LogP contribution >= 0.6 is 0 Å². The van der Waals surface area contributed by atoms with Crippen LogP contribution in [-0.4, -0.2) is 62.7 Å². The molecule has 1 fully saturated rings. The van der Waals surface area contributed by atoms with Crippen molar-refractivity contribution in [2.24, 2.45) is 17.6 Å². The van der Waals surface area contributed by atoms with Crippen LogP contribution in [0.25, 0.3) is 5.76 Å². The van der Waals surface area contributed by atoms with Crippen molar-refractivity contribution < 1.29 is 39.9 Å². The number of carbonyl (C=O) groups excluding carboxylic acids is 3. The van der Waals surface area contributed by atoms with Crippen LogP contribution in [0.3, 0.4) is 0 Å². The first-order chi connectivity index (χ1) is 14.9. The van der Waals surface area contributed by atoms with Crippen molar-refractivity contribution in [3.05, 3.63) is 39.7 Å². The number of anilines is 1. The lowest BCUT2D eigenvalue weighted by Crippen LogP contribution is -2.58. The van der Waals surface area contributed by atoms with Gasteiger partial charge in [0.05, 0.1) is 12.2 Å². The van der Waals surface area contributed by atoms with Crippen LogP contribution in [0.1, 0.15) is 29.5 Å². The second-order valence-electron chi connectivity index (χ2n) is 8.72. The van der Waals surface area contributed by atoms with Crippen molar-refractivity contribution >= 4 is 28.9 Å². The van der Waals surface area contributed by atoms with E-state index in [-0.39, 0.29) is 36.0 Å². The molecule has 0 heterocycles. The third-order valence-corrected chi connectivity index (χ3v) is 6.77. The van der Waals surface area contributed by atoms with E-state index in [1.165, 1.54) is 0 Å². The van der Waals surface area contributed by atoms with E-state index < -0.39 is 64.4 Å². The van der Waals surface area contributed by atoms with Crippen LogP contribution in [0.15, 0.2) is 23.0 Å². The van der Waals surface area contributed by atoms with E-state index in [9.17, 15) is 39.9 Å². The number of carbonyl (C=O) groups is 3. The molecule has 3 atom stereocenters. The number of aliphatic hydroxyl groups excluding tert-OH is 3. The van der Waals surface area contributed by atoms with E-state index in [1.807, 2.05) is 0 Å². The number of aromatic hydroxyl groups is 1. The summed E-state index contributed by atoms with van der Waals surface area (Å²) in [7, 11) is 3.51. The fourth-order valence-corrected chi connectivity index (χ4v) is 5.24. The molecule has 0 bridgehead atoms. The Morgan fingerprint density at radius 3 is 2.44 bits per heavy atom. The second kappa shape index (κ2) is 7.07. The number of nitrogens with two attached hydrogens (primary N) is 1. The molecule has 1 saturated carbocycles. The molecule has 0 aliphatic heterocycles. The Morgan fingerprint density at radius 2 is 1.88 bits per heavy atom. The zero-order chi connectivity index (χ0) is 23.7. The first-order valence-corrected chi connectivity index (χ1v) is 10.1. The Bertz CT molecular complexity index is 1150. The van der Waals surface area contributed by atoms with Crippen molar-refractivity contribution in [3.63, 3.8) is 0 Å². The molecule has 1 aromatic carbocycles. The number of ketones is 2. The number of fused-ring (bicyclic) bond motifs is 3. The number of nitrogens with zero attached hydrogens (tertiary/aromatic N) is 1. The predicted octanol–water partition coefficient (Wildman–Crippen LogP) is -0.0178. The minimum absolute atomic E-state index is 0.0348. The molecule has 3 aliphatic carbocycles. The van der Waals surface area contributed by atoms with E-state index in [4.69, 9.17) is 5.73 Å². The molecule has 10 heteroatoms. The molecular weight excluding hydrogens is 420 g/mol. The van der Waals surface area contributed by atoms with Crippen LogP contribution < -0.4 is 10.6 Å². The summed E-state index contributed by atoms with van der Waals surface area (Å²) in [6, 6.07) is 1.59. The number of phenols is 1. The highest BCUT2D eigenvalue weighted by Crippen LogP contribution is 2.53. The van der Waals surface area contributed by atoms with Gasteiger partial charge in [-0.25, -0.2) is 0 Å². The number of aliphatic hydroxyl groups is 4. The van der Waals surface area contributed by atoms with Gasteiger partial charge in [0.25, 0.3) is 5.91 Å². The topological polar surface area (TPSA) is 182 Å². The monoisotopic (exact) mass is 444 g/mol. The van der Waals surface area contributed by atoms with E-state index in [0.29, 0.717) is 11.3 Å². The van der Waals surface area contributed by atoms with Gasteiger partial charge in [0.2, 0.25) is 5.78 Å². The highest BCUT2D eigenvalue weighted by Gasteiger charge is 2.60. The van der Waals surface area contributed by atoms with Gasteiger partial charge in [0.1, 0.15) is 22.8 Å². The second-order valence-corrected chi connectivity index (χ2v) is 8.72. The highest BCUT2D eigenvalue weighted by atomic mass is 16.3. The molecule has 0 radical (unpaired) electrons. The standard InChI is InChI=1S/C22H24N2O8/c1-24(2)12-5-9(7-25)17(27)15-11(12)4-8-3-10-6-13(26)16(21(23)31)20(30)22(10,32)19(29)14(8)18(15)28/h5,8,10,25,27-28,30,32H,3-4,6-7H2,1-2H3,(H2,23,31)/t8-,10+,22+/m1/s1. The average Bonchev–Trinajstić information content (AvgIpc) is 2.70. The zero-order valence-corrected chi connectivity index (χ0v) is 17.5. The van der Waals surface area contributed by atoms with Crippen LogP contribution in [0.4, 0.5) is 5.69 Å². The number of hydrogen-bond donors (Lipinski definition) is 6. The molecule has 0 unspecified atom stereocenters. The lowest BCUT2D eigenvalue weighted by Gasteiger charge is -2.46. The maximum absolute atomic E-state index is 13.4. The Kier molecular flexibility index (Phi) is 4.83. The summed E-state index contributed by atoms with van der Waals surface area (Å²) in [5, 5.41) is 53.2. The number of amides is 1. The molecule has 1 aromatic rings. The van der Waals surface area contributed by atoms with Crippen LogP contribution in [0, 0.1) is 11.8 Å². The molecule has 10 nitrogen and oxygen atoms in total. The minimum atomic E-state index is -2.59. The molecule has 0 spiro atoms. The van der Waals surface area contributed by atoms with Crippen LogP contribution in [0.2, 0.25) is 0 Å². The van der Waals surface area contributed by atoms with Gasteiger partial charge < -0.3 is 36.2 Å². The van der Waals surface area contributed by atoms with Gasteiger partial charge in [-0.05, 0) is 30.4 Å². The summed E-state index contributed by atoms with van der Waals surface area (Å²) in [6.07, 6.45) is -0.0866. The lowest BCUT2D eigenvalue weighted by molar-refractivity contribution is -0.147. The van der Waals surface area contributed by atoms with E-state index in [0.717, 1.165) is 0 Å². The largest absolute Gasteiger partial charge is 0.508 e. The van der Waals surface area contributed by atoms with Gasteiger partial charge in [0, 0.05) is 43.3 Å². The smallest absolute Gasteiger partial charge is 0.255 e. The average molecular weight is 444 g/mol. The Hall–Kier alpha value is -3.37. The molecule has 3 aliphatic rings. The maximum Gasteiger partial charge on any atom is 0.255 e. The number of hydrogen-bond acceptors (Lipinski definition) is 9. The van der Waals surface area contributed by atoms with Crippen LogP contribution in [-0.2, 0) is 27.4 Å². The molecule has 7 N–H and O–H groups in total. The molecule has 170 valence electrons. The number of rotatable bonds is 3. The fraction of sp³-hybridized carbons (Fsp3) is 0.409. The van der Waals surface area contributed by atoms with E-state index in [1.54, 1.807) is 25.1 Å². The molecule has 4 rings (SSSR count). The minimum Gasteiger partial charge on any atom is -0.508 e. The van der Waals surface area contributed by atoms with Crippen molar-refractivity contribution in [1.29, 1.82) is 0 Å². The lowest BCUT2D eigenvalue weighted by atomic mass is 9.59. The van der Waals surface area contributed by atoms with Crippen LogP contribution in [0.5, 0.6) is 5.75 Å². The van der Waals surface area contributed by atoms with Crippen molar-refractivity contribution in [1.82, 2.24) is 0 Å². The molecule has 0 aromatic heterocycles. The van der Waals surface area contributed by atoms with Gasteiger partial charge in [-0.1, -0.05) is 0 Å². The number of primary amides is 1. The fourth-order valence-electron chi connectivity index (χ4n) is 5.24. The van der Waals surface area contributed by atoms with Gasteiger partial charge in [-0.15, -0.1) is 0 Å². The summed E-state index contributed by atoms with van der Waals surface area (Å²) >= 11 is 0. The van der Waals surface area contributed by atoms with Crippen molar-refractivity contribution in [2.45, 2.75) is 31.5 Å². The quantitative estimate of drug-likeness (QED) is 0.349. The third-order valence-electron chi connectivity index (χ3n) is 6.77. The van der Waals surface area contributed by atoms with E-state index in [2.05, 4.69) is 0 Å². The highest BCUT2D eigenvalue weighted by molar-refractivity contribution is 6.22. The normalized spacial score (nSPS) is 27.1. The van der Waals surface area contributed by atoms with Gasteiger partial charge >= 0.3 is 0 Å². The first-order valence-electron chi connectivity index (χ1n) is 10.1. The summed E-state index contributed by atoms with van der Waals surface area (Å²) in [4.78, 5) is 39.2. The molecule has 0 saturated heterocycles. The van der Waals surface area contributed by atoms with Crippen molar-refractivity contribution in [3.8, 4) is 5.75 Å². The molecular formula is C22H24N2O8. The third kappa shape index (κ3) is 2.69. The predicted molar refractivity (Wildman–Crippen MR) is 112 cm³/mol. The maximum atomic E-state index is 13.4. The zero-order valence-electron chi connectivity index (χ0n) is 17.5. The summed E-state index contributed by atoms with van der Waals surface area (Å²) in [5.41, 5.74) is 2.82.